The fourth-order valence-electron chi connectivity index (χ4n) is 3.64. The topological polar surface area (TPSA) is 26.5 Å². The van der Waals surface area contributed by atoms with Crippen LogP contribution in [0.4, 0.5) is 4.39 Å². The maximum absolute atomic E-state index is 13.3. The first-order valence-electron chi connectivity index (χ1n) is 8.71. The minimum atomic E-state index is -1.10. The van der Waals surface area contributed by atoms with E-state index in [0.717, 1.165) is 42.4 Å². The minimum Gasteiger partial charge on any atom is -0.346 e. The molecule has 2 aromatic rings. The number of halogens is 1. The molecule has 2 aromatic carbocycles. The summed E-state index contributed by atoms with van der Waals surface area (Å²) in [6, 6.07) is 16.6. The van der Waals surface area contributed by atoms with Crippen LogP contribution in [0.15, 0.2) is 54.6 Å². The molecule has 3 nitrogen and oxygen atoms in total. The second-order valence-corrected chi connectivity index (χ2v) is 7.68. The zero-order valence-electron chi connectivity index (χ0n) is 14.1. The van der Waals surface area contributed by atoms with Gasteiger partial charge >= 0.3 is 5.17 Å². The fourth-order valence-corrected chi connectivity index (χ4v) is 4.83. The summed E-state index contributed by atoms with van der Waals surface area (Å²) in [6.07, 6.45) is 1.99. The molecule has 0 spiro atoms. The van der Waals surface area contributed by atoms with Crippen LogP contribution in [-0.2, 0) is 12.1 Å². The molecule has 0 aromatic heterocycles. The van der Waals surface area contributed by atoms with Crippen molar-refractivity contribution >= 4 is 16.9 Å². The monoisotopic (exact) mass is 357 g/mol. The van der Waals surface area contributed by atoms with Crippen molar-refractivity contribution in [3.8, 4) is 0 Å². The lowest BCUT2D eigenvalue weighted by atomic mass is 10.0. The van der Waals surface area contributed by atoms with Gasteiger partial charge in [-0.15, -0.1) is 0 Å². The van der Waals surface area contributed by atoms with E-state index in [0.29, 0.717) is 6.54 Å². The molecule has 0 unspecified atom stereocenters. The number of amidine groups is 1. The average Bonchev–Trinajstić information content (AvgIpc) is 2.94. The van der Waals surface area contributed by atoms with Crippen LogP contribution in [0.2, 0.25) is 0 Å². The van der Waals surface area contributed by atoms with E-state index in [4.69, 9.17) is 0 Å². The highest BCUT2D eigenvalue weighted by Gasteiger charge is 2.53. The first-order chi connectivity index (χ1) is 12.2. The number of hydrogen-bond donors (Lipinski definition) is 1. The van der Waals surface area contributed by atoms with Crippen LogP contribution in [0.5, 0.6) is 0 Å². The highest BCUT2D eigenvalue weighted by Crippen LogP contribution is 2.36. The standard InChI is InChI=1S/C20H22FN2OS/c21-18-9-7-17(8-10-18)20(24)15-22-12-4-14-25-19(22)23(20)13-11-16-5-2-1-3-6-16/h1-3,5-10,24H,4,11-15H2/q+1/t20-/m0/s1. The van der Waals surface area contributed by atoms with Gasteiger partial charge in [-0.25, -0.2) is 13.9 Å². The molecule has 0 saturated carbocycles. The lowest BCUT2D eigenvalue weighted by molar-refractivity contribution is -0.532. The molecule has 1 atom stereocenters. The summed E-state index contributed by atoms with van der Waals surface area (Å²) < 4.78 is 15.6. The molecule has 1 N–H and O–H groups in total. The number of aliphatic hydroxyl groups is 1. The van der Waals surface area contributed by atoms with Crippen LogP contribution in [0.1, 0.15) is 17.5 Å². The largest absolute Gasteiger partial charge is 0.346 e. The third-order valence-corrected chi connectivity index (χ3v) is 6.17. The number of rotatable bonds is 4. The molecule has 2 heterocycles. The molecule has 0 saturated heterocycles. The Labute approximate surface area is 151 Å². The minimum absolute atomic E-state index is 0.277. The molecule has 0 amide bonds. The van der Waals surface area contributed by atoms with Crippen molar-refractivity contribution in [2.24, 2.45) is 0 Å². The molecule has 0 aliphatic carbocycles. The second-order valence-electron chi connectivity index (χ2n) is 6.62. The van der Waals surface area contributed by atoms with Crippen molar-refractivity contribution in [2.45, 2.75) is 18.6 Å². The number of nitrogens with zero attached hydrogens (tertiary/aromatic N) is 2. The maximum Gasteiger partial charge on any atom is 0.311 e. The zero-order valence-corrected chi connectivity index (χ0v) is 14.9. The van der Waals surface area contributed by atoms with Gasteiger partial charge in [-0.2, -0.15) is 0 Å². The Morgan fingerprint density at radius 3 is 2.64 bits per heavy atom. The van der Waals surface area contributed by atoms with Crippen LogP contribution in [0, 0.1) is 5.82 Å². The van der Waals surface area contributed by atoms with E-state index >= 15 is 0 Å². The summed E-state index contributed by atoms with van der Waals surface area (Å²) in [4.78, 5) is 2.11. The van der Waals surface area contributed by atoms with Gasteiger partial charge in [0.2, 0.25) is 0 Å². The molecule has 2 aliphatic heterocycles. The fraction of sp³-hybridized carbons (Fsp3) is 0.350. The highest BCUT2D eigenvalue weighted by atomic mass is 32.2. The van der Waals surface area contributed by atoms with E-state index in [1.165, 1.54) is 17.7 Å². The Kier molecular flexibility index (Phi) is 4.52. The Hall–Kier alpha value is -1.85. The first-order valence-corrected chi connectivity index (χ1v) is 9.70. The van der Waals surface area contributed by atoms with Crippen molar-refractivity contribution in [3.63, 3.8) is 0 Å². The van der Waals surface area contributed by atoms with E-state index in [1.807, 2.05) is 30.0 Å². The van der Waals surface area contributed by atoms with Crippen LogP contribution in [0.25, 0.3) is 0 Å². The van der Waals surface area contributed by atoms with Gasteiger partial charge in [-0.3, -0.25) is 0 Å². The number of thioether (sulfide) groups is 1. The summed E-state index contributed by atoms with van der Waals surface area (Å²) in [5, 5.41) is 12.7. The Balaban J connectivity index is 1.64. The molecule has 4 rings (SSSR count). The molecular formula is C20H22FN2OS+. The van der Waals surface area contributed by atoms with E-state index in [-0.39, 0.29) is 5.82 Å². The van der Waals surface area contributed by atoms with E-state index in [9.17, 15) is 9.50 Å². The molecule has 25 heavy (non-hydrogen) atoms. The van der Waals surface area contributed by atoms with Crippen LogP contribution >= 0.6 is 11.8 Å². The van der Waals surface area contributed by atoms with Gasteiger partial charge in [-0.05, 0) is 48.0 Å². The van der Waals surface area contributed by atoms with Gasteiger partial charge < -0.3 is 5.11 Å². The van der Waals surface area contributed by atoms with Gasteiger partial charge in [0, 0.05) is 17.7 Å². The predicted molar refractivity (Wildman–Crippen MR) is 99.2 cm³/mol. The van der Waals surface area contributed by atoms with E-state index in [1.54, 1.807) is 12.1 Å². The van der Waals surface area contributed by atoms with Crippen LogP contribution in [-0.4, -0.2) is 45.1 Å². The summed E-state index contributed by atoms with van der Waals surface area (Å²) in [5.74, 6) is 0.800. The Bertz CT molecular complexity index is 778. The Morgan fingerprint density at radius 2 is 1.88 bits per heavy atom. The maximum atomic E-state index is 13.3. The molecule has 130 valence electrons. The van der Waals surface area contributed by atoms with Crippen molar-refractivity contribution in [1.82, 2.24) is 4.90 Å². The third-order valence-electron chi connectivity index (χ3n) is 4.94. The lowest BCUT2D eigenvalue weighted by Crippen LogP contribution is -2.47. The molecule has 5 heteroatoms. The summed E-state index contributed by atoms with van der Waals surface area (Å²) >= 11 is 1.81. The number of benzene rings is 2. The van der Waals surface area contributed by atoms with Gasteiger partial charge in [0.1, 0.15) is 5.82 Å². The molecule has 0 fully saturated rings. The van der Waals surface area contributed by atoms with Crippen LogP contribution < -0.4 is 0 Å². The van der Waals surface area contributed by atoms with Crippen molar-refractivity contribution < 1.29 is 14.1 Å². The average molecular weight is 357 g/mol. The zero-order chi connectivity index (χ0) is 17.3. The van der Waals surface area contributed by atoms with Gasteiger partial charge in [0.05, 0.1) is 13.1 Å². The summed E-state index contributed by atoms with van der Waals surface area (Å²) in [5.41, 5.74) is 0.906. The summed E-state index contributed by atoms with van der Waals surface area (Å²) in [7, 11) is 0. The van der Waals surface area contributed by atoms with Crippen molar-refractivity contribution in [2.75, 3.05) is 25.4 Å². The third kappa shape index (κ3) is 3.18. The SMILES string of the molecule is O[C@]1(c2ccc(F)cc2)C[N+]2=C(SCCC2)N1CCc1ccccc1. The molecule has 2 aliphatic rings. The quantitative estimate of drug-likeness (QED) is 0.852. The van der Waals surface area contributed by atoms with Crippen LogP contribution in [0.3, 0.4) is 0 Å². The van der Waals surface area contributed by atoms with E-state index < -0.39 is 5.72 Å². The van der Waals surface area contributed by atoms with Gasteiger partial charge in [0.15, 0.2) is 6.54 Å². The van der Waals surface area contributed by atoms with Gasteiger partial charge in [-0.1, -0.05) is 30.3 Å². The first kappa shape index (κ1) is 16.6. The number of hydrogen-bond acceptors (Lipinski definition) is 3. The second kappa shape index (κ2) is 6.81. The van der Waals surface area contributed by atoms with Crippen molar-refractivity contribution in [3.05, 3.63) is 71.5 Å². The predicted octanol–water partition coefficient (Wildman–Crippen LogP) is 3.03. The normalized spacial score (nSPS) is 23.0. The summed E-state index contributed by atoms with van der Waals surface area (Å²) in [6.45, 7) is 2.24. The highest BCUT2D eigenvalue weighted by molar-refractivity contribution is 8.13. The van der Waals surface area contributed by atoms with E-state index in [2.05, 4.69) is 21.6 Å². The smallest absolute Gasteiger partial charge is 0.311 e. The Morgan fingerprint density at radius 1 is 1.12 bits per heavy atom. The van der Waals surface area contributed by atoms with Gasteiger partial charge in [0.25, 0.3) is 5.72 Å². The molecule has 0 bridgehead atoms. The van der Waals surface area contributed by atoms with Crippen molar-refractivity contribution in [1.29, 1.82) is 0 Å². The molecule has 0 radical (unpaired) electrons. The lowest BCUT2D eigenvalue weighted by Gasteiger charge is -2.28. The molecular weight excluding hydrogens is 335 g/mol.